The van der Waals surface area contributed by atoms with Crippen LogP contribution in [0.1, 0.15) is 51.4 Å². The van der Waals surface area contributed by atoms with Crippen LogP contribution in [0.25, 0.3) is 21.8 Å². The normalized spacial score (nSPS) is 14.0. The van der Waals surface area contributed by atoms with E-state index >= 15 is 0 Å². The Morgan fingerprint density at radius 1 is 0.758 bits per heavy atom. The van der Waals surface area contributed by atoms with E-state index in [2.05, 4.69) is 36.1 Å². The van der Waals surface area contributed by atoms with Gasteiger partial charge in [-0.05, 0) is 96.9 Å². The zero-order valence-electron chi connectivity index (χ0n) is 53.3. The summed E-state index contributed by atoms with van der Waals surface area (Å²) in [6.07, 6.45) is 1.50. The average Bonchev–Trinajstić information content (AvgIpc) is 1.67. The predicted octanol–water partition coefficient (Wildman–Crippen LogP) is 5.05. The lowest BCUT2D eigenvalue weighted by molar-refractivity contribution is -0.137. The van der Waals surface area contributed by atoms with Crippen LogP contribution in [0.5, 0.6) is 11.5 Å². The fraction of sp³-hybridized carbons (Fsp3) is 0.379. The number of rotatable bonds is 27. The van der Waals surface area contributed by atoms with Crippen molar-refractivity contribution in [2.75, 3.05) is 135 Å². The number of aryl methyl sites for hydroxylation is 1. The van der Waals surface area contributed by atoms with Crippen LogP contribution in [-0.4, -0.2) is 225 Å². The van der Waals surface area contributed by atoms with Crippen LogP contribution in [-0.2, 0) is 51.2 Å². The Hall–Kier alpha value is -10.5. The number of hydrogen-bond acceptors (Lipinski definition) is 19. The van der Waals surface area contributed by atoms with Gasteiger partial charge in [-0.2, -0.15) is 0 Å². The molecule has 2 aromatic heterocycles. The zero-order valence-corrected chi connectivity index (χ0v) is 53.3. The number of ether oxygens (including phenoxy) is 6. The number of aliphatic hydroxyl groups excluding tert-OH is 1. The maximum Gasteiger partial charge on any atom is 0.415 e. The van der Waals surface area contributed by atoms with Crippen LogP contribution in [0, 0.1) is 12.8 Å². The summed E-state index contributed by atoms with van der Waals surface area (Å²) in [5, 5.41) is 21.9. The van der Waals surface area contributed by atoms with E-state index in [1.807, 2.05) is 32.2 Å². The minimum absolute atomic E-state index is 0.00262. The fourth-order valence-electron chi connectivity index (χ4n) is 10.6. The van der Waals surface area contributed by atoms with Crippen molar-refractivity contribution >= 4 is 98.7 Å². The molecule has 95 heavy (non-hydrogen) atoms. The summed E-state index contributed by atoms with van der Waals surface area (Å²) in [6.45, 7) is 7.41. The first-order chi connectivity index (χ1) is 45.7. The van der Waals surface area contributed by atoms with Gasteiger partial charge in [-0.1, -0.05) is 44.2 Å². The van der Waals surface area contributed by atoms with Gasteiger partial charge in [0.1, 0.15) is 42.1 Å². The minimum Gasteiger partial charge on any atom is -0.447 e. The summed E-state index contributed by atoms with van der Waals surface area (Å²) in [6, 6.07) is 22.3. The van der Waals surface area contributed by atoms with Gasteiger partial charge in [0.15, 0.2) is 0 Å². The highest BCUT2D eigenvalue weighted by atomic mass is 16.6. The minimum atomic E-state index is -1.04. The van der Waals surface area contributed by atoms with Gasteiger partial charge in [-0.3, -0.25) is 33.7 Å². The number of fused-ring (bicyclic) bond motifs is 4. The van der Waals surface area contributed by atoms with Gasteiger partial charge in [0, 0.05) is 99.6 Å². The molecule has 0 bridgehead atoms. The van der Waals surface area contributed by atoms with Crippen LogP contribution in [0.15, 0.2) is 103 Å². The molecule has 10 amide bonds. The fourth-order valence-corrected chi connectivity index (χ4v) is 10.6. The van der Waals surface area contributed by atoms with E-state index < -0.39 is 66.5 Å². The van der Waals surface area contributed by atoms with Gasteiger partial charge in [-0.25, -0.2) is 24.2 Å². The number of benzene rings is 4. The summed E-state index contributed by atoms with van der Waals surface area (Å²) in [7, 11) is 3.50. The Balaban J connectivity index is 0.750. The molecule has 5 heterocycles. The highest BCUT2D eigenvalue weighted by molar-refractivity contribution is 6.13. The van der Waals surface area contributed by atoms with Gasteiger partial charge >= 0.3 is 24.4 Å². The molecule has 502 valence electrons. The number of aliphatic hydroxyl groups is 1. The number of hydrogen-bond donors (Lipinski definition) is 6. The van der Waals surface area contributed by atoms with Crippen molar-refractivity contribution in [3.05, 3.63) is 131 Å². The molecule has 0 radical (unpaired) electrons. The Labute approximate surface area is 546 Å². The van der Waals surface area contributed by atoms with E-state index in [1.54, 1.807) is 90.4 Å². The predicted molar refractivity (Wildman–Crippen MR) is 346 cm³/mol. The average molecular weight is 1310 g/mol. The third-order valence-electron chi connectivity index (χ3n) is 15.9. The smallest absolute Gasteiger partial charge is 0.415 e. The monoisotopic (exact) mass is 1310 g/mol. The quantitative estimate of drug-likeness (QED) is 0.0290. The number of amides is 10. The van der Waals surface area contributed by atoms with Gasteiger partial charge in [0.25, 0.3) is 23.6 Å². The number of aromatic amines is 1. The molecule has 29 nitrogen and oxygen atoms in total. The van der Waals surface area contributed by atoms with E-state index in [1.165, 1.54) is 35.2 Å². The number of anilines is 3. The number of piperazine rings is 1. The first kappa shape index (κ1) is 68.9. The van der Waals surface area contributed by atoms with Crippen LogP contribution in [0.4, 0.5) is 36.2 Å². The Bertz CT molecular complexity index is 3830. The first-order valence-corrected chi connectivity index (χ1v) is 30.9. The van der Waals surface area contributed by atoms with Crippen LogP contribution in [0.3, 0.4) is 0 Å². The molecule has 3 aliphatic heterocycles. The SMILES string of the molecule is Cc1cccc2c(OC(=O)N(CCOCCO)CCN(C)C(=O)OCc3ccc(NC(=O)CNC(=O)C(NC(=O)OCCOCCN4C(=O)C=CC4=O)C(C)C)cc3)cc3c(c12)CCN3C(=O)c1cc2cc(NC(=O)c3ccc(OC(=O)N4CCN(C)CC4)cc3)cnc2[nH]1. The van der Waals surface area contributed by atoms with E-state index in [0.717, 1.165) is 34.5 Å². The molecule has 4 aromatic carbocycles. The van der Waals surface area contributed by atoms with E-state index in [4.69, 9.17) is 28.4 Å². The molecule has 1 atom stereocenters. The molecule has 1 unspecified atom stereocenters. The molecule has 6 N–H and O–H groups in total. The molecular weight excluding hydrogens is 1230 g/mol. The molecule has 29 heteroatoms. The molecule has 0 saturated carbocycles. The van der Waals surface area contributed by atoms with Crippen molar-refractivity contribution in [3.8, 4) is 11.5 Å². The highest BCUT2D eigenvalue weighted by Crippen LogP contribution is 2.42. The summed E-state index contributed by atoms with van der Waals surface area (Å²) in [4.78, 5) is 146. The standard InChI is InChI=1S/C66H76N12O17/c1-41(2)58(72-63(86)92-34-33-91-31-28-78-55(81)17-18-56(78)82)61(84)68-39-54(80)69-46-13-9-43(10-14-46)40-93-64(87)74(5)23-26-76(27-30-90-32-29-79)66(89)95-53-37-52-49(57-42(3)7-6-8-50(53)57)19-20-77(52)62(85)51-36-45-35-47(38-67-59(45)71-51)70-60(83)44-11-15-48(16-12-44)94-65(88)75-24-21-73(4)22-25-75/h6-18,35-38,41,58,79H,19-34,39-40H2,1-5H3,(H,67,71)(H,68,84)(H,69,80)(H,70,83)(H,72,86). The van der Waals surface area contributed by atoms with E-state index in [0.29, 0.717) is 76.4 Å². The summed E-state index contributed by atoms with van der Waals surface area (Å²) in [5.74, 6) is -2.74. The molecule has 3 aliphatic rings. The van der Waals surface area contributed by atoms with Gasteiger partial charge in [0.2, 0.25) is 11.8 Å². The van der Waals surface area contributed by atoms with Gasteiger partial charge in [0.05, 0.1) is 63.7 Å². The largest absolute Gasteiger partial charge is 0.447 e. The van der Waals surface area contributed by atoms with Crippen LogP contribution in [0.2, 0.25) is 0 Å². The second kappa shape index (κ2) is 32.4. The number of aromatic nitrogens is 2. The lowest BCUT2D eigenvalue weighted by Crippen LogP contribution is -2.51. The third-order valence-corrected chi connectivity index (χ3v) is 15.9. The summed E-state index contributed by atoms with van der Waals surface area (Å²) in [5.41, 5.74) is 4.63. The van der Waals surface area contributed by atoms with Crippen molar-refractivity contribution in [2.24, 2.45) is 5.92 Å². The molecule has 1 saturated heterocycles. The number of alkyl carbamates (subject to hydrolysis) is 1. The second-order valence-corrected chi connectivity index (χ2v) is 23.0. The third kappa shape index (κ3) is 18.2. The topological polar surface area (TPSA) is 343 Å². The van der Waals surface area contributed by atoms with Crippen LogP contribution < -0.4 is 35.6 Å². The lowest BCUT2D eigenvalue weighted by atomic mass is 9.97. The van der Waals surface area contributed by atoms with Crippen molar-refractivity contribution < 1.29 is 81.5 Å². The number of nitrogens with zero attached hydrogens (tertiary/aromatic N) is 7. The maximum absolute atomic E-state index is 14.5. The van der Waals surface area contributed by atoms with Crippen molar-refractivity contribution in [2.45, 2.75) is 39.8 Å². The zero-order chi connectivity index (χ0) is 67.7. The molecular formula is C66H76N12O17. The van der Waals surface area contributed by atoms with E-state index in [9.17, 15) is 53.1 Å². The van der Waals surface area contributed by atoms with Gasteiger partial charge < -0.3 is 84.3 Å². The Morgan fingerprint density at radius 2 is 1.49 bits per heavy atom. The van der Waals surface area contributed by atoms with Crippen LogP contribution >= 0.6 is 0 Å². The maximum atomic E-state index is 14.5. The Kier molecular flexibility index (Phi) is 23.5. The van der Waals surface area contributed by atoms with E-state index in [-0.39, 0.29) is 95.7 Å². The molecule has 6 aromatic rings. The Morgan fingerprint density at radius 3 is 2.22 bits per heavy atom. The number of likely N-dealkylation sites (N-methyl/N-ethyl adjacent to an activating group) is 2. The number of carbonyl (C=O) groups excluding carboxylic acids is 10. The second-order valence-electron chi connectivity index (χ2n) is 23.0. The lowest BCUT2D eigenvalue weighted by Gasteiger charge is -2.31. The molecule has 1 fully saturated rings. The summed E-state index contributed by atoms with van der Waals surface area (Å²) >= 11 is 0. The highest BCUT2D eigenvalue weighted by Gasteiger charge is 2.32. The molecule has 0 aliphatic carbocycles. The molecule has 9 rings (SSSR count). The number of imide groups is 1. The first-order valence-electron chi connectivity index (χ1n) is 30.9. The van der Waals surface area contributed by atoms with Crippen molar-refractivity contribution in [3.63, 3.8) is 0 Å². The van der Waals surface area contributed by atoms with Gasteiger partial charge in [-0.15, -0.1) is 0 Å². The summed E-state index contributed by atoms with van der Waals surface area (Å²) < 4.78 is 33.3. The van der Waals surface area contributed by atoms with Crippen molar-refractivity contribution in [1.29, 1.82) is 0 Å². The van der Waals surface area contributed by atoms with Crippen molar-refractivity contribution in [1.82, 2.24) is 45.1 Å². The number of carbonyl (C=O) groups is 10. The number of nitrogens with one attached hydrogen (secondary N) is 5. The number of pyridine rings is 1. The number of H-pyrrole nitrogens is 1. The molecule has 0 spiro atoms.